The second kappa shape index (κ2) is 3.13. The molecule has 2 aromatic carbocycles. The molecule has 0 unspecified atom stereocenters. The first kappa shape index (κ1) is 9.26. The van der Waals surface area contributed by atoms with Gasteiger partial charge < -0.3 is 11.5 Å². The molecule has 0 aliphatic carbocycles. The van der Waals surface area contributed by atoms with E-state index in [1.165, 1.54) is 6.07 Å². The van der Waals surface area contributed by atoms with Crippen LogP contribution in [0.1, 0.15) is 0 Å². The normalized spacial score (nSPS) is 10.4. The third-order valence-electron chi connectivity index (χ3n) is 2.26. The maximum Gasteiger partial charge on any atom is 0.292 e. The molecule has 2 rings (SSSR count). The number of hydrogen-bond acceptors (Lipinski definition) is 4. The minimum atomic E-state index is -0.495. The van der Waals surface area contributed by atoms with Crippen LogP contribution < -0.4 is 11.5 Å². The van der Waals surface area contributed by atoms with Crippen LogP contribution in [-0.4, -0.2) is 4.92 Å². The molecule has 2 aromatic rings. The minimum absolute atomic E-state index is 0.0766. The van der Waals surface area contributed by atoms with Crippen molar-refractivity contribution in [2.24, 2.45) is 0 Å². The zero-order valence-electron chi connectivity index (χ0n) is 7.81. The molecule has 0 atom stereocenters. The number of nitro groups is 1. The Balaban J connectivity index is 2.80. The van der Waals surface area contributed by atoms with E-state index in [2.05, 4.69) is 0 Å². The number of nitro benzene ring substituents is 1. The van der Waals surface area contributed by atoms with Gasteiger partial charge in [-0.1, -0.05) is 6.07 Å². The minimum Gasteiger partial charge on any atom is -0.399 e. The molecule has 0 heterocycles. The molecule has 5 nitrogen and oxygen atoms in total. The summed E-state index contributed by atoms with van der Waals surface area (Å²) in [6.45, 7) is 0. The van der Waals surface area contributed by atoms with Crippen molar-refractivity contribution in [3.63, 3.8) is 0 Å². The molecule has 76 valence electrons. The number of nitrogen functional groups attached to an aromatic ring is 2. The summed E-state index contributed by atoms with van der Waals surface area (Å²) in [5, 5.41) is 12.1. The number of anilines is 2. The lowest BCUT2D eigenvalue weighted by molar-refractivity contribution is -0.383. The maximum atomic E-state index is 10.6. The summed E-state index contributed by atoms with van der Waals surface area (Å²) in [6.07, 6.45) is 0. The summed E-state index contributed by atoms with van der Waals surface area (Å²) in [4.78, 5) is 10.1. The van der Waals surface area contributed by atoms with Crippen LogP contribution in [0.4, 0.5) is 17.1 Å². The second-order valence-electron chi connectivity index (χ2n) is 3.24. The Labute approximate surface area is 85.4 Å². The highest BCUT2D eigenvalue weighted by Gasteiger charge is 2.13. The number of hydrogen-bond donors (Lipinski definition) is 2. The molecule has 15 heavy (non-hydrogen) atoms. The first-order chi connectivity index (χ1) is 7.09. The Hall–Kier alpha value is -2.30. The van der Waals surface area contributed by atoms with Crippen molar-refractivity contribution in [1.29, 1.82) is 0 Å². The molecule has 0 saturated heterocycles. The van der Waals surface area contributed by atoms with Gasteiger partial charge >= 0.3 is 0 Å². The van der Waals surface area contributed by atoms with Crippen molar-refractivity contribution >= 4 is 27.8 Å². The average molecular weight is 203 g/mol. The van der Waals surface area contributed by atoms with Gasteiger partial charge in [-0.3, -0.25) is 10.1 Å². The predicted molar refractivity (Wildman–Crippen MR) is 59.4 cm³/mol. The van der Waals surface area contributed by atoms with Gasteiger partial charge in [0, 0.05) is 17.1 Å². The van der Waals surface area contributed by atoms with Crippen LogP contribution in [-0.2, 0) is 0 Å². The van der Waals surface area contributed by atoms with Crippen molar-refractivity contribution < 1.29 is 4.92 Å². The standard InChI is InChI=1S/C10H9N3O2/c11-7-2-3-8-6(5-7)1-4-9(10(8)12)13(14)15/h1-5H,11-12H2. The summed E-state index contributed by atoms with van der Waals surface area (Å²) < 4.78 is 0. The van der Waals surface area contributed by atoms with E-state index in [0.29, 0.717) is 11.1 Å². The van der Waals surface area contributed by atoms with Gasteiger partial charge in [0.1, 0.15) is 5.69 Å². The van der Waals surface area contributed by atoms with Crippen molar-refractivity contribution in [3.8, 4) is 0 Å². The van der Waals surface area contributed by atoms with Gasteiger partial charge in [-0.2, -0.15) is 0 Å². The van der Waals surface area contributed by atoms with Gasteiger partial charge in [0.25, 0.3) is 5.69 Å². The fourth-order valence-electron chi connectivity index (χ4n) is 1.52. The molecule has 5 heteroatoms. The first-order valence-corrected chi connectivity index (χ1v) is 4.31. The predicted octanol–water partition coefficient (Wildman–Crippen LogP) is 1.91. The van der Waals surface area contributed by atoms with Gasteiger partial charge in [0.2, 0.25) is 0 Å². The molecule has 4 N–H and O–H groups in total. The van der Waals surface area contributed by atoms with E-state index in [9.17, 15) is 10.1 Å². The van der Waals surface area contributed by atoms with E-state index in [1.807, 2.05) is 0 Å². The molecule has 0 fully saturated rings. The van der Waals surface area contributed by atoms with Crippen LogP contribution >= 0.6 is 0 Å². The SMILES string of the molecule is Nc1ccc2c(N)c([N+](=O)[O-])ccc2c1. The summed E-state index contributed by atoms with van der Waals surface area (Å²) >= 11 is 0. The lowest BCUT2D eigenvalue weighted by atomic mass is 10.1. The van der Waals surface area contributed by atoms with Gasteiger partial charge in [-0.05, 0) is 23.6 Å². The smallest absolute Gasteiger partial charge is 0.292 e. The summed E-state index contributed by atoms with van der Waals surface area (Å²) in [6, 6.07) is 8.11. The first-order valence-electron chi connectivity index (χ1n) is 4.31. The number of nitrogens with zero attached hydrogens (tertiary/aromatic N) is 1. The number of benzene rings is 2. The zero-order valence-corrected chi connectivity index (χ0v) is 7.81. The lowest BCUT2D eigenvalue weighted by Gasteiger charge is -2.03. The van der Waals surface area contributed by atoms with Crippen molar-refractivity contribution in [2.45, 2.75) is 0 Å². The molecule has 0 aliphatic heterocycles. The van der Waals surface area contributed by atoms with Crippen molar-refractivity contribution in [3.05, 3.63) is 40.4 Å². The van der Waals surface area contributed by atoms with E-state index in [1.54, 1.807) is 24.3 Å². The topological polar surface area (TPSA) is 95.2 Å². The zero-order chi connectivity index (χ0) is 11.0. The van der Waals surface area contributed by atoms with Gasteiger partial charge in [0.15, 0.2) is 0 Å². The van der Waals surface area contributed by atoms with Crippen LogP contribution in [0.2, 0.25) is 0 Å². The molecule has 0 aromatic heterocycles. The third-order valence-corrected chi connectivity index (χ3v) is 2.26. The molecular formula is C10H9N3O2. The Morgan fingerprint density at radius 3 is 2.53 bits per heavy atom. The molecule has 0 radical (unpaired) electrons. The van der Waals surface area contributed by atoms with Crippen LogP contribution in [0.5, 0.6) is 0 Å². The Morgan fingerprint density at radius 1 is 1.13 bits per heavy atom. The van der Waals surface area contributed by atoms with E-state index in [0.717, 1.165) is 5.39 Å². The molecule has 0 spiro atoms. The van der Waals surface area contributed by atoms with Gasteiger partial charge in [-0.15, -0.1) is 0 Å². The Morgan fingerprint density at radius 2 is 1.87 bits per heavy atom. The number of nitrogens with two attached hydrogens (primary N) is 2. The summed E-state index contributed by atoms with van der Waals surface area (Å²) in [5.74, 6) is 0. The fourth-order valence-corrected chi connectivity index (χ4v) is 1.52. The summed E-state index contributed by atoms with van der Waals surface area (Å²) in [7, 11) is 0. The van der Waals surface area contributed by atoms with E-state index in [4.69, 9.17) is 11.5 Å². The number of fused-ring (bicyclic) bond motifs is 1. The van der Waals surface area contributed by atoms with Gasteiger partial charge in [0.05, 0.1) is 4.92 Å². The van der Waals surface area contributed by atoms with Crippen molar-refractivity contribution in [1.82, 2.24) is 0 Å². The molecular weight excluding hydrogens is 194 g/mol. The highest BCUT2D eigenvalue weighted by Crippen LogP contribution is 2.30. The Kier molecular flexibility index (Phi) is 1.93. The largest absolute Gasteiger partial charge is 0.399 e. The average Bonchev–Trinajstić information content (AvgIpc) is 2.17. The fraction of sp³-hybridized carbons (Fsp3) is 0. The van der Waals surface area contributed by atoms with Crippen LogP contribution in [0, 0.1) is 10.1 Å². The Bertz CT molecular complexity index is 552. The highest BCUT2D eigenvalue weighted by atomic mass is 16.6. The highest BCUT2D eigenvalue weighted by molar-refractivity contribution is 5.98. The quantitative estimate of drug-likeness (QED) is 0.420. The lowest BCUT2D eigenvalue weighted by Crippen LogP contribution is -1.96. The molecule has 0 aliphatic rings. The van der Waals surface area contributed by atoms with Crippen LogP contribution in [0.3, 0.4) is 0 Å². The number of rotatable bonds is 1. The van der Waals surface area contributed by atoms with Crippen molar-refractivity contribution in [2.75, 3.05) is 11.5 Å². The van der Waals surface area contributed by atoms with Crippen LogP contribution in [0.25, 0.3) is 10.8 Å². The molecule has 0 saturated carbocycles. The molecule has 0 amide bonds. The monoisotopic (exact) mass is 203 g/mol. The molecule has 0 bridgehead atoms. The van der Waals surface area contributed by atoms with Gasteiger partial charge in [-0.25, -0.2) is 0 Å². The second-order valence-corrected chi connectivity index (χ2v) is 3.24. The van der Waals surface area contributed by atoms with E-state index < -0.39 is 4.92 Å². The maximum absolute atomic E-state index is 10.6. The van der Waals surface area contributed by atoms with E-state index in [-0.39, 0.29) is 11.4 Å². The third kappa shape index (κ3) is 1.43. The summed E-state index contributed by atoms with van der Waals surface area (Å²) in [5.41, 5.74) is 12.0. The van der Waals surface area contributed by atoms with E-state index >= 15 is 0 Å². The van der Waals surface area contributed by atoms with Crippen LogP contribution in [0.15, 0.2) is 30.3 Å².